The fourth-order valence-corrected chi connectivity index (χ4v) is 1.70. The zero-order valence-electron chi connectivity index (χ0n) is 10.2. The Kier molecular flexibility index (Phi) is 4.58. The van der Waals surface area contributed by atoms with Gasteiger partial charge in [0, 0.05) is 12.6 Å². The van der Waals surface area contributed by atoms with Crippen molar-refractivity contribution < 1.29 is 4.79 Å². The van der Waals surface area contributed by atoms with E-state index in [-0.39, 0.29) is 5.91 Å². The SMILES string of the molecule is CCCC(C)NC(=O)CNCC1(C)CC1. The largest absolute Gasteiger partial charge is 0.353 e. The summed E-state index contributed by atoms with van der Waals surface area (Å²) in [6.45, 7) is 7.89. The summed E-state index contributed by atoms with van der Waals surface area (Å²) >= 11 is 0. The maximum Gasteiger partial charge on any atom is 0.234 e. The Bertz CT molecular complexity index is 212. The predicted octanol–water partition coefficient (Wildman–Crippen LogP) is 1.68. The molecule has 1 aliphatic rings. The van der Waals surface area contributed by atoms with Crippen LogP contribution in [0.4, 0.5) is 0 Å². The molecule has 0 radical (unpaired) electrons. The molecule has 88 valence electrons. The minimum Gasteiger partial charge on any atom is -0.353 e. The van der Waals surface area contributed by atoms with Gasteiger partial charge in [0.25, 0.3) is 0 Å². The first-order valence-corrected chi connectivity index (χ1v) is 6.06. The third-order valence-corrected chi connectivity index (χ3v) is 3.07. The molecule has 0 heterocycles. The first kappa shape index (κ1) is 12.5. The van der Waals surface area contributed by atoms with Crippen molar-refractivity contribution >= 4 is 5.91 Å². The summed E-state index contributed by atoms with van der Waals surface area (Å²) in [4.78, 5) is 11.5. The van der Waals surface area contributed by atoms with Crippen molar-refractivity contribution in [3.8, 4) is 0 Å². The standard InChI is InChI=1S/C12H24N2O/c1-4-5-10(2)14-11(15)8-13-9-12(3)6-7-12/h10,13H,4-9H2,1-3H3,(H,14,15). The Morgan fingerprint density at radius 3 is 2.67 bits per heavy atom. The molecule has 2 N–H and O–H groups in total. The van der Waals surface area contributed by atoms with Gasteiger partial charge in [-0.05, 0) is 31.6 Å². The van der Waals surface area contributed by atoms with Crippen LogP contribution in [0.5, 0.6) is 0 Å². The number of nitrogens with one attached hydrogen (secondary N) is 2. The maximum atomic E-state index is 11.5. The van der Waals surface area contributed by atoms with Crippen LogP contribution in [0.25, 0.3) is 0 Å². The van der Waals surface area contributed by atoms with Gasteiger partial charge in [-0.3, -0.25) is 4.79 Å². The van der Waals surface area contributed by atoms with E-state index in [4.69, 9.17) is 0 Å². The average molecular weight is 212 g/mol. The van der Waals surface area contributed by atoms with E-state index >= 15 is 0 Å². The van der Waals surface area contributed by atoms with Gasteiger partial charge < -0.3 is 10.6 Å². The van der Waals surface area contributed by atoms with Gasteiger partial charge in [0.05, 0.1) is 6.54 Å². The van der Waals surface area contributed by atoms with Gasteiger partial charge in [-0.25, -0.2) is 0 Å². The second kappa shape index (κ2) is 5.50. The number of hydrogen-bond donors (Lipinski definition) is 2. The van der Waals surface area contributed by atoms with E-state index in [0.29, 0.717) is 18.0 Å². The van der Waals surface area contributed by atoms with Gasteiger partial charge >= 0.3 is 0 Å². The molecule has 1 saturated carbocycles. The summed E-state index contributed by atoms with van der Waals surface area (Å²) in [5.41, 5.74) is 0.481. The first-order chi connectivity index (χ1) is 7.06. The molecule has 3 heteroatoms. The fraction of sp³-hybridized carbons (Fsp3) is 0.917. The van der Waals surface area contributed by atoms with Gasteiger partial charge in [0.15, 0.2) is 0 Å². The van der Waals surface area contributed by atoms with Crippen molar-refractivity contribution in [2.75, 3.05) is 13.1 Å². The molecule has 1 aliphatic carbocycles. The lowest BCUT2D eigenvalue weighted by molar-refractivity contribution is -0.120. The van der Waals surface area contributed by atoms with Crippen LogP contribution < -0.4 is 10.6 Å². The smallest absolute Gasteiger partial charge is 0.234 e. The Balaban J connectivity index is 2.02. The highest BCUT2D eigenvalue weighted by Gasteiger charge is 2.36. The second-order valence-electron chi connectivity index (χ2n) is 5.17. The summed E-state index contributed by atoms with van der Waals surface area (Å²) in [7, 11) is 0. The molecule has 1 unspecified atom stereocenters. The van der Waals surface area contributed by atoms with Crippen molar-refractivity contribution in [3.05, 3.63) is 0 Å². The molecule has 0 aromatic rings. The Morgan fingerprint density at radius 2 is 2.13 bits per heavy atom. The lowest BCUT2D eigenvalue weighted by atomic mass is 10.1. The van der Waals surface area contributed by atoms with Crippen molar-refractivity contribution in [2.45, 2.75) is 52.5 Å². The summed E-state index contributed by atoms with van der Waals surface area (Å²) in [6.07, 6.45) is 4.78. The van der Waals surface area contributed by atoms with Crippen molar-refractivity contribution in [2.24, 2.45) is 5.41 Å². The van der Waals surface area contributed by atoms with Crippen molar-refractivity contribution in [3.63, 3.8) is 0 Å². The van der Waals surface area contributed by atoms with Crippen LogP contribution >= 0.6 is 0 Å². The summed E-state index contributed by atoms with van der Waals surface area (Å²) < 4.78 is 0. The molecule has 0 aliphatic heterocycles. The molecule has 0 saturated heterocycles. The number of carbonyl (C=O) groups is 1. The minimum atomic E-state index is 0.125. The van der Waals surface area contributed by atoms with E-state index in [1.807, 2.05) is 0 Å². The van der Waals surface area contributed by atoms with E-state index in [1.54, 1.807) is 0 Å². The number of rotatable bonds is 7. The molecule has 1 fully saturated rings. The highest BCUT2D eigenvalue weighted by atomic mass is 16.1. The van der Waals surface area contributed by atoms with Gasteiger partial charge in [0.2, 0.25) is 5.91 Å². The van der Waals surface area contributed by atoms with E-state index in [1.165, 1.54) is 12.8 Å². The topological polar surface area (TPSA) is 41.1 Å². The minimum absolute atomic E-state index is 0.125. The van der Waals surface area contributed by atoms with Crippen LogP contribution in [0.1, 0.15) is 46.5 Å². The van der Waals surface area contributed by atoms with Crippen molar-refractivity contribution in [1.29, 1.82) is 0 Å². The monoisotopic (exact) mass is 212 g/mol. The molecule has 0 spiro atoms. The van der Waals surface area contributed by atoms with E-state index in [9.17, 15) is 4.79 Å². The first-order valence-electron chi connectivity index (χ1n) is 6.06. The van der Waals surface area contributed by atoms with Gasteiger partial charge in [0.1, 0.15) is 0 Å². The Morgan fingerprint density at radius 1 is 1.47 bits per heavy atom. The van der Waals surface area contributed by atoms with Gasteiger partial charge in [-0.2, -0.15) is 0 Å². The number of carbonyl (C=O) groups excluding carboxylic acids is 1. The zero-order chi connectivity index (χ0) is 11.3. The van der Waals surface area contributed by atoms with Gasteiger partial charge in [-0.15, -0.1) is 0 Å². The molecule has 3 nitrogen and oxygen atoms in total. The molecular weight excluding hydrogens is 188 g/mol. The molecule has 0 aromatic heterocycles. The van der Waals surface area contributed by atoms with Gasteiger partial charge in [-0.1, -0.05) is 20.3 Å². The van der Waals surface area contributed by atoms with Crippen LogP contribution in [-0.4, -0.2) is 25.0 Å². The average Bonchev–Trinajstić information content (AvgIpc) is 2.84. The molecule has 15 heavy (non-hydrogen) atoms. The maximum absolute atomic E-state index is 11.5. The highest BCUT2D eigenvalue weighted by molar-refractivity contribution is 5.78. The van der Waals surface area contributed by atoms with Crippen LogP contribution in [0, 0.1) is 5.41 Å². The molecule has 1 amide bonds. The van der Waals surface area contributed by atoms with E-state index in [2.05, 4.69) is 31.4 Å². The third-order valence-electron chi connectivity index (χ3n) is 3.07. The van der Waals surface area contributed by atoms with Crippen LogP contribution in [0.15, 0.2) is 0 Å². The highest BCUT2D eigenvalue weighted by Crippen LogP contribution is 2.43. The number of hydrogen-bond acceptors (Lipinski definition) is 2. The Hall–Kier alpha value is -0.570. The summed E-state index contributed by atoms with van der Waals surface area (Å²) in [6, 6.07) is 0.306. The molecule has 1 atom stereocenters. The fourth-order valence-electron chi connectivity index (χ4n) is 1.70. The summed E-state index contributed by atoms with van der Waals surface area (Å²) in [5, 5.41) is 6.21. The third kappa shape index (κ3) is 5.17. The van der Waals surface area contributed by atoms with Crippen molar-refractivity contribution in [1.82, 2.24) is 10.6 Å². The normalized spacial score (nSPS) is 19.7. The number of amides is 1. The quantitative estimate of drug-likeness (QED) is 0.674. The zero-order valence-corrected chi connectivity index (χ0v) is 10.2. The van der Waals surface area contributed by atoms with E-state index in [0.717, 1.165) is 19.4 Å². The Labute approximate surface area is 93.0 Å². The molecular formula is C12H24N2O. The van der Waals surface area contributed by atoms with Crippen LogP contribution in [0.3, 0.4) is 0 Å². The second-order valence-corrected chi connectivity index (χ2v) is 5.17. The molecule has 0 bridgehead atoms. The predicted molar refractivity (Wildman–Crippen MR) is 62.7 cm³/mol. The molecule has 1 rings (SSSR count). The lowest BCUT2D eigenvalue weighted by Gasteiger charge is -2.14. The van der Waals surface area contributed by atoms with E-state index < -0.39 is 0 Å². The van der Waals surface area contributed by atoms with Crippen LogP contribution in [-0.2, 0) is 4.79 Å². The van der Waals surface area contributed by atoms with Crippen LogP contribution in [0.2, 0.25) is 0 Å². The summed E-state index contributed by atoms with van der Waals surface area (Å²) in [5.74, 6) is 0.125. The lowest BCUT2D eigenvalue weighted by Crippen LogP contribution is -2.40. The molecule has 0 aromatic carbocycles.